The first-order valence-corrected chi connectivity index (χ1v) is 10.5. The van der Waals surface area contributed by atoms with E-state index in [1.165, 1.54) is 11.7 Å². The number of hydrogen-bond donors (Lipinski definition) is 1. The second-order valence-electron chi connectivity index (χ2n) is 6.90. The van der Waals surface area contributed by atoms with Crippen molar-refractivity contribution in [2.75, 3.05) is 7.11 Å². The van der Waals surface area contributed by atoms with E-state index in [4.69, 9.17) is 9.15 Å². The molecule has 5 rings (SSSR count). The number of hydrogen-bond acceptors (Lipinski definition) is 7. The fourth-order valence-corrected chi connectivity index (χ4v) is 4.36. The highest BCUT2D eigenvalue weighted by molar-refractivity contribution is 7.99. The summed E-state index contributed by atoms with van der Waals surface area (Å²) in [5, 5.41) is 12.0. The third-order valence-electron chi connectivity index (χ3n) is 5.03. The molecule has 3 heterocycles. The fraction of sp³-hybridized carbons (Fsp3) is 0.0417. The Morgan fingerprint density at radius 2 is 1.81 bits per heavy atom. The molecule has 7 nitrogen and oxygen atoms in total. The summed E-state index contributed by atoms with van der Waals surface area (Å²) in [5.41, 5.74) is -0.161. The minimum atomic E-state index is -0.750. The van der Waals surface area contributed by atoms with E-state index in [9.17, 15) is 14.7 Å². The number of pyridine rings is 2. The monoisotopic (exact) mass is 444 g/mol. The van der Waals surface area contributed by atoms with Crippen LogP contribution < -0.4 is 15.9 Å². The van der Waals surface area contributed by atoms with Crippen LogP contribution in [0.2, 0.25) is 0 Å². The maximum Gasteiger partial charge on any atom is 0.354 e. The highest BCUT2D eigenvalue weighted by Gasteiger charge is 2.23. The second kappa shape index (κ2) is 7.90. The lowest BCUT2D eigenvalue weighted by molar-refractivity contribution is 0.415. The third kappa shape index (κ3) is 3.21. The summed E-state index contributed by atoms with van der Waals surface area (Å²) < 4.78 is 12.4. The van der Waals surface area contributed by atoms with Gasteiger partial charge in [0.25, 0.3) is 5.56 Å². The van der Waals surface area contributed by atoms with Gasteiger partial charge in [0, 0.05) is 23.3 Å². The van der Waals surface area contributed by atoms with Gasteiger partial charge in [-0.3, -0.25) is 9.36 Å². The molecule has 0 amide bonds. The Labute approximate surface area is 185 Å². The largest absolute Gasteiger partial charge is 0.505 e. The van der Waals surface area contributed by atoms with E-state index in [2.05, 4.69) is 4.98 Å². The van der Waals surface area contributed by atoms with Gasteiger partial charge in [0.15, 0.2) is 11.3 Å². The molecule has 0 aliphatic carbocycles. The Hall–Kier alpha value is -4.04. The molecule has 158 valence electrons. The molecule has 0 aliphatic rings. The van der Waals surface area contributed by atoms with E-state index in [1.807, 2.05) is 18.2 Å². The lowest BCUT2D eigenvalue weighted by Crippen LogP contribution is -2.20. The Morgan fingerprint density at radius 1 is 1.03 bits per heavy atom. The highest BCUT2D eigenvalue weighted by atomic mass is 32.2. The first-order chi connectivity index (χ1) is 15.6. The maximum absolute atomic E-state index is 13.7. The zero-order valence-corrected chi connectivity index (χ0v) is 17.6. The number of aromatic hydroxyl groups is 1. The van der Waals surface area contributed by atoms with Crippen molar-refractivity contribution in [3.63, 3.8) is 0 Å². The van der Waals surface area contributed by atoms with Crippen molar-refractivity contribution in [3.8, 4) is 17.2 Å². The lowest BCUT2D eigenvalue weighted by atomic mass is 10.1. The van der Waals surface area contributed by atoms with Crippen LogP contribution in [0.15, 0.2) is 96.9 Å². The molecular weight excluding hydrogens is 428 g/mol. The summed E-state index contributed by atoms with van der Waals surface area (Å²) in [5.74, 6) is 0.106. The summed E-state index contributed by atoms with van der Waals surface area (Å²) in [6, 6.07) is 19.3. The van der Waals surface area contributed by atoms with E-state index in [0.717, 1.165) is 11.8 Å². The summed E-state index contributed by atoms with van der Waals surface area (Å²) in [6.45, 7) is 0. The molecule has 0 bridgehead atoms. The zero-order valence-electron chi connectivity index (χ0n) is 16.8. The van der Waals surface area contributed by atoms with E-state index < -0.39 is 16.9 Å². The van der Waals surface area contributed by atoms with Crippen molar-refractivity contribution >= 4 is 33.6 Å². The van der Waals surface area contributed by atoms with E-state index >= 15 is 0 Å². The zero-order chi connectivity index (χ0) is 22.2. The van der Waals surface area contributed by atoms with Crippen LogP contribution in [-0.4, -0.2) is 21.8 Å². The predicted octanol–water partition coefficient (Wildman–Crippen LogP) is 4.36. The molecule has 0 radical (unpaired) electrons. The Morgan fingerprint density at radius 3 is 2.53 bits per heavy atom. The molecule has 0 saturated carbocycles. The highest BCUT2D eigenvalue weighted by Crippen LogP contribution is 2.37. The smallest absolute Gasteiger partial charge is 0.354 e. The van der Waals surface area contributed by atoms with Crippen LogP contribution in [0.5, 0.6) is 11.5 Å². The molecule has 8 heteroatoms. The molecule has 3 aromatic heterocycles. The molecule has 0 saturated heterocycles. The van der Waals surface area contributed by atoms with Gasteiger partial charge in [-0.1, -0.05) is 36.0 Å². The van der Waals surface area contributed by atoms with Crippen LogP contribution in [-0.2, 0) is 0 Å². The van der Waals surface area contributed by atoms with Gasteiger partial charge in [-0.2, -0.15) is 0 Å². The van der Waals surface area contributed by atoms with Gasteiger partial charge in [-0.15, -0.1) is 0 Å². The van der Waals surface area contributed by atoms with Crippen LogP contribution in [0.1, 0.15) is 0 Å². The number of ether oxygens (including phenoxy) is 1. The van der Waals surface area contributed by atoms with Gasteiger partial charge >= 0.3 is 5.63 Å². The van der Waals surface area contributed by atoms with Crippen molar-refractivity contribution in [2.24, 2.45) is 0 Å². The van der Waals surface area contributed by atoms with Crippen LogP contribution >= 0.6 is 11.8 Å². The summed E-state index contributed by atoms with van der Waals surface area (Å²) >= 11 is 0.942. The number of rotatable bonds is 4. The molecule has 5 aromatic rings. The average molecular weight is 444 g/mol. The molecule has 0 spiro atoms. The Bertz CT molecular complexity index is 1580. The van der Waals surface area contributed by atoms with Crippen LogP contribution in [0, 0.1) is 0 Å². The number of nitrogens with zero attached hydrogens (tertiary/aromatic N) is 2. The fourth-order valence-electron chi connectivity index (χ4n) is 3.57. The van der Waals surface area contributed by atoms with Crippen LogP contribution in [0.25, 0.3) is 27.6 Å². The predicted molar refractivity (Wildman–Crippen MR) is 122 cm³/mol. The average Bonchev–Trinajstić information content (AvgIpc) is 2.82. The molecule has 1 N–H and O–H groups in total. The number of aromatic nitrogens is 2. The molecule has 0 fully saturated rings. The first kappa shape index (κ1) is 19.9. The topological polar surface area (TPSA) is 94.6 Å². The van der Waals surface area contributed by atoms with E-state index in [0.29, 0.717) is 27.4 Å². The quantitative estimate of drug-likeness (QED) is 0.412. The normalized spacial score (nSPS) is 11.2. The standard InChI is InChI=1S/C24H16N2O5S/c1-30-15-10-11-16-17(13-15)26(14-7-3-2-4-8-14)23(28)19-20(27)22(24(29)31-21(16)19)32-18-9-5-6-12-25-18/h2-13,27H,1H3. The molecule has 0 unspecified atom stereocenters. The number of benzene rings is 2. The van der Waals surface area contributed by atoms with E-state index in [-0.39, 0.29) is 15.9 Å². The SMILES string of the molecule is COc1ccc2c3oc(=O)c(Sc4ccccn4)c(O)c3c(=O)n(-c3ccccc3)c2c1. The van der Waals surface area contributed by atoms with Crippen molar-refractivity contribution in [3.05, 3.63) is 93.7 Å². The summed E-state index contributed by atoms with van der Waals surface area (Å²) in [6.07, 6.45) is 1.57. The number of para-hydroxylation sites is 1. The Balaban J connectivity index is 1.90. The molecule has 0 aliphatic heterocycles. The molecular formula is C24H16N2O5S. The maximum atomic E-state index is 13.7. The van der Waals surface area contributed by atoms with Gasteiger partial charge < -0.3 is 14.3 Å². The van der Waals surface area contributed by atoms with Gasteiger partial charge in [0.05, 0.1) is 12.6 Å². The van der Waals surface area contributed by atoms with E-state index in [1.54, 1.807) is 54.7 Å². The van der Waals surface area contributed by atoms with Gasteiger partial charge in [0.2, 0.25) is 0 Å². The third-order valence-corrected chi connectivity index (χ3v) is 6.04. The number of methoxy groups -OCH3 is 1. The first-order valence-electron chi connectivity index (χ1n) is 9.65. The van der Waals surface area contributed by atoms with Crippen LogP contribution in [0.3, 0.4) is 0 Å². The van der Waals surface area contributed by atoms with Crippen molar-refractivity contribution in [1.82, 2.24) is 9.55 Å². The lowest BCUT2D eigenvalue weighted by Gasteiger charge is -2.15. The Kier molecular flexibility index (Phi) is 4.91. The molecule has 0 atom stereocenters. The van der Waals surface area contributed by atoms with Crippen molar-refractivity contribution in [1.29, 1.82) is 0 Å². The number of fused-ring (bicyclic) bond motifs is 3. The van der Waals surface area contributed by atoms with Gasteiger partial charge in [-0.25, -0.2) is 9.78 Å². The summed E-state index contributed by atoms with van der Waals surface area (Å²) in [7, 11) is 1.53. The minimum Gasteiger partial charge on any atom is -0.505 e. The molecule has 2 aromatic carbocycles. The van der Waals surface area contributed by atoms with Crippen molar-refractivity contribution < 1.29 is 14.3 Å². The van der Waals surface area contributed by atoms with Gasteiger partial charge in [0.1, 0.15) is 21.1 Å². The van der Waals surface area contributed by atoms with Crippen LogP contribution in [0.4, 0.5) is 0 Å². The second-order valence-corrected chi connectivity index (χ2v) is 7.93. The van der Waals surface area contributed by atoms with Gasteiger partial charge in [-0.05, 0) is 36.4 Å². The van der Waals surface area contributed by atoms with Crippen molar-refractivity contribution in [2.45, 2.75) is 9.92 Å². The minimum absolute atomic E-state index is 0.0210. The summed E-state index contributed by atoms with van der Waals surface area (Å²) in [4.78, 5) is 30.5. The molecule has 32 heavy (non-hydrogen) atoms.